The summed E-state index contributed by atoms with van der Waals surface area (Å²) in [5.41, 5.74) is 0.497. The Kier molecular flexibility index (Phi) is 5.02. The lowest BCUT2D eigenvalue weighted by Crippen LogP contribution is -2.31. The van der Waals surface area contributed by atoms with Gasteiger partial charge in [-0.15, -0.1) is 0 Å². The van der Waals surface area contributed by atoms with Crippen molar-refractivity contribution in [2.75, 3.05) is 0 Å². The summed E-state index contributed by atoms with van der Waals surface area (Å²) in [7, 11) is 0. The van der Waals surface area contributed by atoms with Gasteiger partial charge in [0.05, 0.1) is 11.1 Å². The monoisotopic (exact) mass is 269 g/mol. The lowest BCUT2D eigenvalue weighted by atomic mass is 9.94. The van der Waals surface area contributed by atoms with Crippen molar-refractivity contribution in [3.05, 3.63) is 46.5 Å². The Morgan fingerprint density at radius 3 is 2.41 bits per heavy atom. The first-order chi connectivity index (χ1) is 8.06. The molecule has 0 aromatic heterocycles. The van der Waals surface area contributed by atoms with Crippen LogP contribution in [0, 0.1) is 11.3 Å². The van der Waals surface area contributed by atoms with E-state index in [2.05, 4.69) is 6.07 Å². The second-order valence-electron chi connectivity index (χ2n) is 3.78. The molecule has 1 rings (SSSR count). The predicted molar refractivity (Wildman–Crippen MR) is 69.7 cm³/mol. The van der Waals surface area contributed by atoms with Crippen molar-refractivity contribution < 1.29 is 4.74 Å². The normalized spacial score (nSPS) is 15.4. The Morgan fingerprint density at radius 1 is 1.41 bits per heavy atom. The number of nitrogens with zero attached hydrogens (tertiary/aromatic N) is 1. The Hall–Kier alpha value is -1.01. The maximum absolute atomic E-state index is 9.42. The van der Waals surface area contributed by atoms with Crippen molar-refractivity contribution in [2.24, 2.45) is 0 Å². The van der Waals surface area contributed by atoms with Gasteiger partial charge in [0.1, 0.15) is 6.07 Å². The molecule has 1 unspecified atom stereocenters. The van der Waals surface area contributed by atoms with E-state index in [1.54, 1.807) is 12.1 Å². The fourth-order valence-electron chi connectivity index (χ4n) is 1.51. The lowest BCUT2D eigenvalue weighted by molar-refractivity contribution is -0.0167. The van der Waals surface area contributed by atoms with E-state index in [0.29, 0.717) is 5.56 Å². The van der Waals surface area contributed by atoms with Crippen LogP contribution >= 0.6 is 23.2 Å². The van der Waals surface area contributed by atoms with Crippen molar-refractivity contribution in [3.8, 4) is 6.07 Å². The minimum Gasteiger partial charge on any atom is -0.349 e. The van der Waals surface area contributed by atoms with Gasteiger partial charge in [-0.05, 0) is 13.8 Å². The Bertz CT molecular complexity index is 436. The highest BCUT2D eigenvalue weighted by Crippen LogP contribution is 2.37. The summed E-state index contributed by atoms with van der Waals surface area (Å²) in [6.45, 7) is 3.68. The highest BCUT2D eigenvalue weighted by atomic mass is 35.5. The van der Waals surface area contributed by atoms with Gasteiger partial charge in [0, 0.05) is 11.1 Å². The van der Waals surface area contributed by atoms with Gasteiger partial charge >= 0.3 is 0 Å². The lowest BCUT2D eigenvalue weighted by Gasteiger charge is -2.28. The third kappa shape index (κ3) is 3.01. The molecule has 0 saturated heterocycles. The molecular formula is C13H13Cl2NO. The van der Waals surface area contributed by atoms with Crippen LogP contribution in [0.4, 0.5) is 0 Å². The van der Waals surface area contributed by atoms with E-state index in [-0.39, 0.29) is 11.1 Å². The highest BCUT2D eigenvalue weighted by Gasteiger charge is 2.38. The molecule has 2 nitrogen and oxygen atoms in total. The molecule has 1 aromatic carbocycles. The van der Waals surface area contributed by atoms with Gasteiger partial charge in [0.25, 0.3) is 0 Å². The Labute approximate surface area is 111 Å². The van der Waals surface area contributed by atoms with Gasteiger partial charge in [-0.2, -0.15) is 5.26 Å². The molecule has 0 saturated carbocycles. The summed E-state index contributed by atoms with van der Waals surface area (Å²) in [5, 5.41) is 9.58. The second-order valence-corrected chi connectivity index (χ2v) is 4.41. The number of hydrogen-bond acceptors (Lipinski definition) is 2. The van der Waals surface area contributed by atoms with Crippen LogP contribution in [0.15, 0.2) is 40.9 Å². The zero-order chi connectivity index (χ0) is 12.9. The second kappa shape index (κ2) is 6.07. The number of nitriles is 1. The van der Waals surface area contributed by atoms with Crippen molar-refractivity contribution in [2.45, 2.75) is 25.6 Å². The molecule has 4 heteroatoms. The van der Waals surface area contributed by atoms with E-state index in [0.717, 1.165) is 0 Å². The van der Waals surface area contributed by atoms with E-state index in [4.69, 9.17) is 27.9 Å². The fourth-order valence-corrected chi connectivity index (χ4v) is 1.86. The third-order valence-corrected chi connectivity index (χ3v) is 2.89. The van der Waals surface area contributed by atoms with E-state index >= 15 is 0 Å². The average molecular weight is 270 g/mol. The Balaban J connectivity index is 3.33. The summed E-state index contributed by atoms with van der Waals surface area (Å²) in [5.74, 6) is 0. The smallest absolute Gasteiger partial charge is 0.217 e. The van der Waals surface area contributed by atoms with Crippen LogP contribution in [-0.4, -0.2) is 6.10 Å². The molecular weight excluding hydrogens is 257 g/mol. The molecule has 0 aliphatic carbocycles. The van der Waals surface area contributed by atoms with E-state index in [9.17, 15) is 5.26 Å². The molecule has 0 aliphatic rings. The van der Waals surface area contributed by atoms with E-state index in [1.165, 1.54) is 5.54 Å². The van der Waals surface area contributed by atoms with Crippen LogP contribution in [0.25, 0.3) is 0 Å². The maximum atomic E-state index is 9.42. The first kappa shape index (κ1) is 14.1. The molecule has 90 valence electrons. The highest BCUT2D eigenvalue weighted by molar-refractivity contribution is 6.37. The maximum Gasteiger partial charge on any atom is 0.217 e. The minimum absolute atomic E-state index is 0.153. The standard InChI is InChI=1S/C13H13Cl2NO/c1-10(2)17-13(9-16,12(15)8-14)11-6-4-3-5-7-11/h3-8,10H,1-2H3/b12-8+. The van der Waals surface area contributed by atoms with Crippen molar-refractivity contribution in [3.63, 3.8) is 0 Å². The molecule has 0 fully saturated rings. The summed E-state index contributed by atoms with van der Waals surface area (Å²) < 4.78 is 5.68. The van der Waals surface area contributed by atoms with Crippen LogP contribution in [-0.2, 0) is 10.3 Å². The van der Waals surface area contributed by atoms with Crippen LogP contribution in [0.2, 0.25) is 0 Å². The Morgan fingerprint density at radius 2 is 2.00 bits per heavy atom. The molecule has 0 aliphatic heterocycles. The zero-order valence-electron chi connectivity index (χ0n) is 9.65. The van der Waals surface area contributed by atoms with E-state index in [1.807, 2.05) is 32.0 Å². The molecule has 1 aromatic rings. The molecule has 17 heavy (non-hydrogen) atoms. The van der Waals surface area contributed by atoms with Crippen LogP contribution in [0.1, 0.15) is 19.4 Å². The van der Waals surface area contributed by atoms with Gasteiger partial charge in [-0.1, -0.05) is 53.5 Å². The van der Waals surface area contributed by atoms with Gasteiger partial charge < -0.3 is 4.74 Å². The number of benzene rings is 1. The van der Waals surface area contributed by atoms with Gasteiger partial charge in [-0.25, -0.2) is 0 Å². The molecule has 0 heterocycles. The topological polar surface area (TPSA) is 33.0 Å². The van der Waals surface area contributed by atoms with Crippen LogP contribution < -0.4 is 0 Å². The first-order valence-corrected chi connectivity index (χ1v) is 5.99. The summed E-state index contributed by atoms with van der Waals surface area (Å²) in [4.78, 5) is 0. The van der Waals surface area contributed by atoms with Crippen LogP contribution in [0.5, 0.6) is 0 Å². The van der Waals surface area contributed by atoms with Crippen molar-refractivity contribution >= 4 is 23.2 Å². The summed E-state index contributed by atoms with van der Waals surface area (Å²) in [6.07, 6.45) is -0.153. The molecule has 0 amide bonds. The number of hydrogen-bond donors (Lipinski definition) is 0. The fraction of sp³-hybridized carbons (Fsp3) is 0.308. The minimum atomic E-state index is -1.33. The molecule has 0 spiro atoms. The number of halogens is 2. The van der Waals surface area contributed by atoms with Gasteiger partial charge in [0.15, 0.2) is 0 Å². The van der Waals surface area contributed by atoms with Gasteiger partial charge in [-0.3, -0.25) is 0 Å². The molecule has 0 N–H and O–H groups in total. The third-order valence-electron chi connectivity index (χ3n) is 2.18. The quantitative estimate of drug-likeness (QED) is 0.823. The largest absolute Gasteiger partial charge is 0.349 e. The van der Waals surface area contributed by atoms with Gasteiger partial charge in [0.2, 0.25) is 5.60 Å². The number of ether oxygens (including phenoxy) is 1. The SMILES string of the molecule is CC(C)OC(C#N)(/C(Cl)=C\Cl)c1ccccc1. The van der Waals surface area contributed by atoms with E-state index < -0.39 is 5.60 Å². The number of rotatable bonds is 4. The van der Waals surface area contributed by atoms with Crippen molar-refractivity contribution in [1.29, 1.82) is 5.26 Å². The molecule has 0 bridgehead atoms. The predicted octanol–water partition coefficient (Wildman–Crippen LogP) is 4.15. The zero-order valence-corrected chi connectivity index (χ0v) is 11.2. The average Bonchev–Trinajstić information content (AvgIpc) is 2.35. The van der Waals surface area contributed by atoms with Crippen LogP contribution in [0.3, 0.4) is 0 Å². The molecule has 0 radical (unpaired) electrons. The van der Waals surface area contributed by atoms with Crippen molar-refractivity contribution in [1.82, 2.24) is 0 Å². The summed E-state index contributed by atoms with van der Waals surface area (Å²) in [6, 6.07) is 11.2. The molecule has 1 atom stereocenters. The summed E-state index contributed by atoms with van der Waals surface area (Å²) >= 11 is 11.7. The first-order valence-electron chi connectivity index (χ1n) is 5.17.